The van der Waals surface area contributed by atoms with Gasteiger partial charge in [0, 0.05) is 11.6 Å². The lowest BCUT2D eigenvalue weighted by molar-refractivity contribution is -0.385. The van der Waals surface area contributed by atoms with Crippen molar-refractivity contribution in [2.24, 2.45) is 10.9 Å². The van der Waals surface area contributed by atoms with Crippen LogP contribution in [0.4, 0.5) is 5.69 Å². The normalized spacial score (nSPS) is 16.6. The first kappa shape index (κ1) is 16.5. The van der Waals surface area contributed by atoms with E-state index in [2.05, 4.69) is 10.1 Å². The van der Waals surface area contributed by atoms with E-state index in [1.807, 2.05) is 0 Å². The molecule has 1 heterocycles. The fourth-order valence-electron chi connectivity index (χ4n) is 2.57. The Labute approximate surface area is 137 Å². The third-order valence-corrected chi connectivity index (χ3v) is 5.12. The van der Waals surface area contributed by atoms with Gasteiger partial charge in [-0.15, -0.1) is 0 Å². The standard InChI is InChI=1S/C13H15N5O5S/c1-7-9(5-8(24(15,21)22)6-10(7)18(19)20)11-16-12(17-23-11)13(14)3-2-4-13/h5-6H,2-4,14H2,1H3,(H2,15,21,22). The molecule has 10 nitrogen and oxygen atoms in total. The van der Waals surface area contributed by atoms with Crippen LogP contribution >= 0.6 is 0 Å². The number of hydrogen-bond acceptors (Lipinski definition) is 8. The van der Waals surface area contributed by atoms with Gasteiger partial charge >= 0.3 is 0 Å². The van der Waals surface area contributed by atoms with Crippen molar-refractivity contribution >= 4 is 15.7 Å². The Morgan fingerprint density at radius 1 is 1.38 bits per heavy atom. The Balaban J connectivity index is 2.17. The molecular formula is C13H15N5O5S. The molecule has 3 rings (SSSR count). The van der Waals surface area contributed by atoms with Crippen LogP contribution < -0.4 is 10.9 Å². The molecule has 0 spiro atoms. The molecule has 1 aliphatic carbocycles. The second kappa shape index (κ2) is 5.33. The number of aromatic nitrogens is 2. The maximum Gasteiger partial charge on any atom is 0.274 e. The molecule has 1 aromatic heterocycles. The van der Waals surface area contributed by atoms with Crippen molar-refractivity contribution in [2.75, 3.05) is 0 Å². The topological polar surface area (TPSA) is 168 Å². The molecule has 1 fully saturated rings. The van der Waals surface area contributed by atoms with Crippen molar-refractivity contribution in [1.29, 1.82) is 0 Å². The molecule has 0 bridgehead atoms. The number of sulfonamides is 1. The zero-order chi connectivity index (χ0) is 17.7. The van der Waals surface area contributed by atoms with Crippen LogP contribution in [0.1, 0.15) is 30.7 Å². The summed E-state index contributed by atoms with van der Waals surface area (Å²) in [5, 5.41) is 20.1. The molecule has 0 unspecified atom stereocenters. The van der Waals surface area contributed by atoms with E-state index in [0.29, 0.717) is 18.7 Å². The average molecular weight is 353 g/mol. The minimum Gasteiger partial charge on any atom is -0.334 e. The molecule has 4 N–H and O–H groups in total. The summed E-state index contributed by atoms with van der Waals surface area (Å²) in [6.45, 7) is 1.46. The molecule has 1 aliphatic rings. The van der Waals surface area contributed by atoms with Crippen LogP contribution in [0.15, 0.2) is 21.6 Å². The minimum atomic E-state index is -4.14. The summed E-state index contributed by atoms with van der Waals surface area (Å²) in [4.78, 5) is 14.3. The Kier molecular flexibility index (Phi) is 3.66. The van der Waals surface area contributed by atoms with Crippen molar-refractivity contribution in [3.63, 3.8) is 0 Å². The van der Waals surface area contributed by atoms with Gasteiger partial charge in [0.15, 0.2) is 5.82 Å². The second-order valence-corrected chi connectivity index (χ2v) is 7.41. The lowest BCUT2D eigenvalue weighted by atomic mass is 9.77. The molecule has 2 aromatic rings. The Morgan fingerprint density at radius 2 is 2.04 bits per heavy atom. The molecule has 0 saturated heterocycles. The summed E-state index contributed by atoms with van der Waals surface area (Å²) < 4.78 is 28.3. The predicted molar refractivity (Wildman–Crippen MR) is 82.2 cm³/mol. The number of nitrogens with zero attached hydrogens (tertiary/aromatic N) is 3. The second-order valence-electron chi connectivity index (χ2n) is 5.85. The Morgan fingerprint density at radius 3 is 2.54 bits per heavy atom. The first-order valence-electron chi connectivity index (χ1n) is 7.07. The smallest absolute Gasteiger partial charge is 0.274 e. The van der Waals surface area contributed by atoms with Crippen LogP contribution in [-0.2, 0) is 15.6 Å². The molecule has 1 aromatic carbocycles. The van der Waals surface area contributed by atoms with Gasteiger partial charge in [0.05, 0.1) is 20.9 Å². The van der Waals surface area contributed by atoms with Gasteiger partial charge in [-0.3, -0.25) is 10.1 Å². The first-order valence-corrected chi connectivity index (χ1v) is 8.62. The van der Waals surface area contributed by atoms with E-state index in [9.17, 15) is 18.5 Å². The first-order chi connectivity index (χ1) is 11.1. The Bertz CT molecular complexity index is 932. The van der Waals surface area contributed by atoms with Crippen LogP contribution in [-0.4, -0.2) is 23.5 Å². The number of nitro benzene ring substituents is 1. The molecular weight excluding hydrogens is 338 g/mol. The van der Waals surface area contributed by atoms with E-state index < -0.39 is 31.1 Å². The third-order valence-electron chi connectivity index (χ3n) is 4.23. The summed E-state index contributed by atoms with van der Waals surface area (Å²) in [5.41, 5.74) is 5.38. The number of hydrogen-bond donors (Lipinski definition) is 2. The van der Waals surface area contributed by atoms with Crippen LogP contribution in [0, 0.1) is 17.0 Å². The maximum absolute atomic E-state index is 11.6. The highest BCUT2D eigenvalue weighted by molar-refractivity contribution is 7.89. The molecule has 0 atom stereocenters. The largest absolute Gasteiger partial charge is 0.334 e. The fraction of sp³-hybridized carbons (Fsp3) is 0.385. The van der Waals surface area contributed by atoms with Gasteiger partial charge < -0.3 is 10.3 Å². The molecule has 11 heteroatoms. The summed E-state index contributed by atoms with van der Waals surface area (Å²) in [6, 6.07) is 2.08. The summed E-state index contributed by atoms with van der Waals surface area (Å²) >= 11 is 0. The van der Waals surface area contributed by atoms with E-state index in [1.165, 1.54) is 13.0 Å². The lowest BCUT2D eigenvalue weighted by Gasteiger charge is -2.34. The van der Waals surface area contributed by atoms with Gasteiger partial charge in [0.2, 0.25) is 10.0 Å². The van der Waals surface area contributed by atoms with E-state index in [4.69, 9.17) is 15.4 Å². The predicted octanol–water partition coefficient (Wildman–Crippen LogP) is 0.939. The van der Waals surface area contributed by atoms with Crippen LogP contribution in [0.3, 0.4) is 0 Å². The third kappa shape index (κ3) is 2.66. The summed E-state index contributed by atoms with van der Waals surface area (Å²) in [6.07, 6.45) is 2.37. The van der Waals surface area contributed by atoms with Crippen LogP contribution in [0.2, 0.25) is 0 Å². The fourth-order valence-corrected chi connectivity index (χ4v) is 3.12. The zero-order valence-corrected chi connectivity index (χ0v) is 13.5. The van der Waals surface area contributed by atoms with Crippen LogP contribution in [0.25, 0.3) is 11.5 Å². The van der Waals surface area contributed by atoms with Gasteiger partial charge in [-0.2, -0.15) is 4.98 Å². The van der Waals surface area contributed by atoms with Crippen molar-refractivity contribution in [3.05, 3.63) is 33.6 Å². The van der Waals surface area contributed by atoms with Gasteiger partial charge in [0.1, 0.15) is 0 Å². The zero-order valence-electron chi connectivity index (χ0n) is 12.7. The monoisotopic (exact) mass is 353 g/mol. The molecule has 0 aliphatic heterocycles. The number of rotatable bonds is 4. The van der Waals surface area contributed by atoms with Crippen molar-refractivity contribution < 1.29 is 17.9 Å². The summed E-state index contributed by atoms with van der Waals surface area (Å²) in [7, 11) is -4.14. The van der Waals surface area contributed by atoms with Gasteiger partial charge in [-0.1, -0.05) is 5.16 Å². The number of nitrogens with two attached hydrogens (primary N) is 2. The minimum absolute atomic E-state index is 0.0344. The molecule has 0 amide bonds. The number of primary sulfonamides is 1. The highest BCUT2D eigenvalue weighted by Crippen LogP contribution is 2.39. The van der Waals surface area contributed by atoms with E-state index in [0.717, 1.165) is 12.5 Å². The highest BCUT2D eigenvalue weighted by Gasteiger charge is 2.39. The molecule has 0 radical (unpaired) electrons. The molecule has 24 heavy (non-hydrogen) atoms. The van der Waals surface area contributed by atoms with Crippen molar-refractivity contribution in [2.45, 2.75) is 36.6 Å². The molecule has 128 valence electrons. The average Bonchev–Trinajstić information content (AvgIpc) is 2.93. The van der Waals surface area contributed by atoms with E-state index in [-0.39, 0.29) is 17.0 Å². The van der Waals surface area contributed by atoms with Gasteiger partial charge in [0.25, 0.3) is 11.6 Å². The molecule has 1 saturated carbocycles. The van der Waals surface area contributed by atoms with Crippen molar-refractivity contribution in [1.82, 2.24) is 10.1 Å². The van der Waals surface area contributed by atoms with E-state index >= 15 is 0 Å². The highest BCUT2D eigenvalue weighted by atomic mass is 32.2. The van der Waals surface area contributed by atoms with Crippen molar-refractivity contribution in [3.8, 4) is 11.5 Å². The van der Waals surface area contributed by atoms with Gasteiger partial charge in [-0.25, -0.2) is 13.6 Å². The number of benzene rings is 1. The Hall–Kier alpha value is -2.37. The van der Waals surface area contributed by atoms with Crippen LogP contribution in [0.5, 0.6) is 0 Å². The summed E-state index contributed by atoms with van der Waals surface area (Å²) in [5.74, 6) is 0.264. The van der Waals surface area contributed by atoms with Gasteiger partial charge in [-0.05, 0) is 32.3 Å². The van der Waals surface area contributed by atoms with E-state index in [1.54, 1.807) is 0 Å². The SMILES string of the molecule is Cc1c(-c2nc(C3(N)CCC3)no2)cc(S(N)(=O)=O)cc1[N+](=O)[O-]. The maximum atomic E-state index is 11.6. The number of nitro groups is 1. The quantitative estimate of drug-likeness (QED) is 0.604. The lowest BCUT2D eigenvalue weighted by Crippen LogP contribution is -2.44.